The number of pyridine rings is 1. The molecule has 0 amide bonds. The quantitative estimate of drug-likeness (QED) is 0.450. The van der Waals surface area contributed by atoms with E-state index in [0.717, 1.165) is 55.9 Å². The summed E-state index contributed by atoms with van der Waals surface area (Å²) < 4.78 is 5.31. The predicted molar refractivity (Wildman–Crippen MR) is 136 cm³/mol. The molecule has 1 aliphatic heterocycles. The lowest BCUT2D eigenvalue weighted by Gasteiger charge is -2.47. The molecule has 0 atom stereocenters. The van der Waals surface area contributed by atoms with Crippen molar-refractivity contribution >= 4 is 45.7 Å². The molecule has 2 fully saturated rings. The van der Waals surface area contributed by atoms with Gasteiger partial charge in [-0.1, -0.05) is 36.4 Å². The molecule has 2 aliphatic rings. The molecular formula is C26H27ClN4O2. The van der Waals surface area contributed by atoms with E-state index in [4.69, 9.17) is 4.42 Å². The van der Waals surface area contributed by atoms with Gasteiger partial charge in [-0.25, -0.2) is 9.78 Å². The van der Waals surface area contributed by atoms with Gasteiger partial charge in [0, 0.05) is 61.3 Å². The van der Waals surface area contributed by atoms with Crippen LogP contribution < -0.4 is 15.8 Å². The zero-order valence-corrected chi connectivity index (χ0v) is 19.1. The third kappa shape index (κ3) is 4.16. The van der Waals surface area contributed by atoms with Crippen molar-refractivity contribution in [3.05, 3.63) is 77.3 Å². The number of piperazine rings is 1. The van der Waals surface area contributed by atoms with Gasteiger partial charge in [0.25, 0.3) is 0 Å². The highest BCUT2D eigenvalue weighted by Crippen LogP contribution is 2.32. The van der Waals surface area contributed by atoms with E-state index in [1.807, 2.05) is 30.5 Å². The molecule has 4 aromatic rings. The number of rotatable bonds is 4. The van der Waals surface area contributed by atoms with E-state index < -0.39 is 0 Å². The Morgan fingerprint density at radius 1 is 0.909 bits per heavy atom. The van der Waals surface area contributed by atoms with Crippen LogP contribution in [0.5, 0.6) is 0 Å². The molecular weight excluding hydrogens is 436 g/mol. The van der Waals surface area contributed by atoms with Crippen molar-refractivity contribution in [2.45, 2.75) is 24.9 Å². The summed E-state index contributed by atoms with van der Waals surface area (Å²) in [5.74, 6) is 1.10. The molecule has 6 rings (SSSR count). The summed E-state index contributed by atoms with van der Waals surface area (Å²) >= 11 is 0. The number of anilines is 2. The maximum absolute atomic E-state index is 11.9. The molecule has 170 valence electrons. The fraction of sp³-hybridized carbons (Fsp3) is 0.308. The van der Waals surface area contributed by atoms with Gasteiger partial charge >= 0.3 is 5.63 Å². The second-order valence-corrected chi connectivity index (χ2v) is 8.82. The van der Waals surface area contributed by atoms with Gasteiger partial charge in [0.2, 0.25) is 0 Å². The Bertz CT molecular complexity index is 1320. The second-order valence-electron chi connectivity index (χ2n) is 8.82. The Kier molecular flexibility index (Phi) is 5.96. The minimum Gasteiger partial charge on any atom is -0.423 e. The molecule has 2 aromatic heterocycles. The first-order valence-electron chi connectivity index (χ1n) is 11.4. The first-order valence-corrected chi connectivity index (χ1v) is 11.4. The number of nitrogens with one attached hydrogen (secondary N) is 1. The molecule has 1 saturated carbocycles. The van der Waals surface area contributed by atoms with Crippen molar-refractivity contribution in [1.29, 1.82) is 0 Å². The van der Waals surface area contributed by atoms with Crippen molar-refractivity contribution in [3.63, 3.8) is 0 Å². The Hall–Kier alpha value is -3.09. The number of para-hydroxylation sites is 1. The van der Waals surface area contributed by atoms with Gasteiger partial charge in [-0.3, -0.25) is 4.90 Å². The molecule has 0 bridgehead atoms. The van der Waals surface area contributed by atoms with E-state index in [2.05, 4.69) is 50.4 Å². The number of nitrogens with zero attached hydrogens (tertiary/aromatic N) is 3. The molecule has 7 heteroatoms. The van der Waals surface area contributed by atoms with Crippen LogP contribution >= 0.6 is 12.4 Å². The van der Waals surface area contributed by atoms with E-state index in [0.29, 0.717) is 17.7 Å². The minimum absolute atomic E-state index is 0. The molecule has 0 unspecified atom stereocenters. The van der Waals surface area contributed by atoms with Crippen LogP contribution in [-0.4, -0.2) is 48.1 Å². The maximum atomic E-state index is 11.9. The lowest BCUT2D eigenvalue weighted by molar-refractivity contribution is 0.110. The van der Waals surface area contributed by atoms with Crippen LogP contribution in [0, 0.1) is 0 Å². The predicted octanol–water partition coefficient (Wildman–Crippen LogP) is 4.53. The Balaban J connectivity index is 0.00000228. The fourth-order valence-corrected chi connectivity index (χ4v) is 5.11. The highest BCUT2D eigenvalue weighted by Gasteiger charge is 2.35. The van der Waals surface area contributed by atoms with Gasteiger partial charge in [0.05, 0.1) is 5.69 Å². The second kappa shape index (κ2) is 9.04. The smallest absolute Gasteiger partial charge is 0.338 e. The highest BCUT2D eigenvalue weighted by molar-refractivity contribution is 5.92. The van der Waals surface area contributed by atoms with Crippen molar-refractivity contribution in [3.8, 4) is 0 Å². The minimum atomic E-state index is -0.305. The Morgan fingerprint density at radius 2 is 1.64 bits per heavy atom. The normalized spacial score (nSPS) is 20.9. The van der Waals surface area contributed by atoms with Gasteiger partial charge in [-0.05, 0) is 36.4 Å². The molecule has 0 spiro atoms. The number of hydrogen-bond acceptors (Lipinski definition) is 6. The van der Waals surface area contributed by atoms with Crippen LogP contribution in [0.4, 0.5) is 11.5 Å². The molecule has 6 nitrogen and oxygen atoms in total. The molecule has 1 N–H and O–H groups in total. The zero-order chi connectivity index (χ0) is 21.5. The van der Waals surface area contributed by atoms with Crippen molar-refractivity contribution in [2.24, 2.45) is 0 Å². The molecule has 0 radical (unpaired) electrons. The third-order valence-electron chi connectivity index (χ3n) is 6.91. The Morgan fingerprint density at radius 3 is 2.45 bits per heavy atom. The monoisotopic (exact) mass is 462 g/mol. The van der Waals surface area contributed by atoms with Gasteiger partial charge in [0.1, 0.15) is 11.4 Å². The van der Waals surface area contributed by atoms with Crippen molar-refractivity contribution in [2.75, 3.05) is 36.4 Å². The lowest BCUT2D eigenvalue weighted by Crippen LogP contribution is -2.56. The standard InChI is InChI=1S/C26H26N4O2.ClH/c31-25-17-23(22-7-3-4-8-24(22)32-25)28-19-15-20(16-19)29-11-13-30(14-12-29)26-21-6-2-1-5-18(21)9-10-27-26;/h1-10,17,19-20,28H,11-16H2;1H/t19-,20-;. The van der Waals surface area contributed by atoms with Crippen LogP contribution in [0.2, 0.25) is 0 Å². The van der Waals surface area contributed by atoms with Gasteiger partial charge in [-0.2, -0.15) is 0 Å². The summed E-state index contributed by atoms with van der Waals surface area (Å²) in [5.41, 5.74) is 1.21. The Labute approximate surface area is 198 Å². The number of benzene rings is 2. The average Bonchev–Trinajstić information content (AvgIpc) is 2.81. The molecule has 2 aromatic carbocycles. The van der Waals surface area contributed by atoms with Crippen LogP contribution in [0.25, 0.3) is 21.7 Å². The van der Waals surface area contributed by atoms with Gasteiger partial charge in [0.15, 0.2) is 0 Å². The lowest BCUT2D eigenvalue weighted by atomic mass is 9.84. The van der Waals surface area contributed by atoms with Crippen molar-refractivity contribution < 1.29 is 4.42 Å². The van der Waals surface area contributed by atoms with Crippen LogP contribution in [-0.2, 0) is 0 Å². The van der Waals surface area contributed by atoms with E-state index in [1.165, 1.54) is 10.8 Å². The summed E-state index contributed by atoms with van der Waals surface area (Å²) in [7, 11) is 0. The van der Waals surface area contributed by atoms with Gasteiger partial charge in [-0.15, -0.1) is 12.4 Å². The number of halogens is 1. The highest BCUT2D eigenvalue weighted by atomic mass is 35.5. The molecule has 33 heavy (non-hydrogen) atoms. The van der Waals surface area contributed by atoms with Gasteiger partial charge < -0.3 is 14.6 Å². The third-order valence-corrected chi connectivity index (χ3v) is 6.91. The van der Waals surface area contributed by atoms with E-state index in [9.17, 15) is 4.79 Å². The van der Waals surface area contributed by atoms with Crippen LogP contribution in [0.1, 0.15) is 12.8 Å². The summed E-state index contributed by atoms with van der Waals surface area (Å²) in [5, 5.41) is 7.02. The summed E-state index contributed by atoms with van der Waals surface area (Å²) in [6, 6.07) is 20.8. The largest absolute Gasteiger partial charge is 0.423 e. The number of hydrogen-bond donors (Lipinski definition) is 1. The first-order chi connectivity index (χ1) is 15.7. The number of fused-ring (bicyclic) bond motifs is 2. The molecule has 1 saturated heterocycles. The summed E-state index contributed by atoms with van der Waals surface area (Å²) in [4.78, 5) is 21.6. The summed E-state index contributed by atoms with van der Waals surface area (Å²) in [6.45, 7) is 4.11. The van der Waals surface area contributed by atoms with E-state index in [-0.39, 0.29) is 18.0 Å². The van der Waals surface area contributed by atoms with Crippen LogP contribution in [0.15, 0.2) is 76.1 Å². The SMILES string of the molecule is Cl.O=c1cc(N[C@H]2C[C@H](N3CCN(c4nccc5ccccc45)CC3)C2)c2ccccc2o1. The zero-order valence-electron chi connectivity index (χ0n) is 18.3. The van der Waals surface area contributed by atoms with Crippen LogP contribution in [0.3, 0.4) is 0 Å². The van der Waals surface area contributed by atoms with E-state index in [1.54, 1.807) is 6.07 Å². The molecule has 1 aliphatic carbocycles. The topological polar surface area (TPSA) is 61.6 Å². The summed E-state index contributed by atoms with van der Waals surface area (Å²) in [6.07, 6.45) is 4.11. The van der Waals surface area contributed by atoms with Crippen molar-refractivity contribution in [1.82, 2.24) is 9.88 Å². The average molecular weight is 463 g/mol. The number of aromatic nitrogens is 1. The van der Waals surface area contributed by atoms with E-state index >= 15 is 0 Å². The molecule has 3 heterocycles. The fourth-order valence-electron chi connectivity index (χ4n) is 5.11. The first kappa shape index (κ1) is 21.7. The maximum Gasteiger partial charge on any atom is 0.338 e.